The molecular weight excluding hydrogens is 200 g/mol. The third-order valence-electron chi connectivity index (χ3n) is 2.53. The molecule has 3 nitrogen and oxygen atoms in total. The van der Waals surface area contributed by atoms with Crippen molar-refractivity contribution < 1.29 is 4.74 Å². The normalized spacial score (nSPS) is 12.8. The number of methoxy groups -OCH3 is 1. The van der Waals surface area contributed by atoms with E-state index < -0.39 is 0 Å². The Hall–Kier alpha value is -0.120. The maximum Gasteiger partial charge on any atom is 0.0589 e. The van der Waals surface area contributed by atoms with Crippen molar-refractivity contribution >= 4 is 0 Å². The lowest BCUT2D eigenvalue weighted by atomic mass is 9.92. The Morgan fingerprint density at radius 3 is 2.44 bits per heavy atom. The summed E-state index contributed by atoms with van der Waals surface area (Å²) in [4.78, 5) is 2.33. The van der Waals surface area contributed by atoms with Gasteiger partial charge in [-0.05, 0) is 24.9 Å². The first-order valence-corrected chi connectivity index (χ1v) is 6.25. The van der Waals surface area contributed by atoms with E-state index in [-0.39, 0.29) is 0 Å². The molecule has 16 heavy (non-hydrogen) atoms. The Morgan fingerprint density at radius 1 is 1.31 bits per heavy atom. The van der Waals surface area contributed by atoms with E-state index in [1.807, 2.05) is 0 Å². The average molecular weight is 230 g/mol. The summed E-state index contributed by atoms with van der Waals surface area (Å²) in [5.41, 5.74) is 0.317. The molecule has 0 amide bonds. The van der Waals surface area contributed by atoms with Crippen molar-refractivity contribution in [3.8, 4) is 0 Å². The number of rotatable bonds is 9. The lowest BCUT2D eigenvalue weighted by Crippen LogP contribution is -2.40. The van der Waals surface area contributed by atoms with Gasteiger partial charge in [0.25, 0.3) is 0 Å². The first-order valence-electron chi connectivity index (χ1n) is 6.25. The lowest BCUT2D eigenvalue weighted by Gasteiger charge is -2.30. The Kier molecular flexibility index (Phi) is 7.98. The maximum absolute atomic E-state index is 5.08. The third kappa shape index (κ3) is 9.13. The summed E-state index contributed by atoms with van der Waals surface area (Å²) in [5, 5.41) is 3.53. The van der Waals surface area contributed by atoms with Crippen molar-refractivity contribution in [2.24, 2.45) is 11.3 Å². The predicted molar refractivity (Wildman–Crippen MR) is 70.9 cm³/mol. The van der Waals surface area contributed by atoms with Crippen LogP contribution < -0.4 is 5.32 Å². The zero-order chi connectivity index (χ0) is 12.6. The minimum Gasteiger partial charge on any atom is -0.383 e. The quantitative estimate of drug-likeness (QED) is 0.654. The minimum atomic E-state index is 0.317. The molecule has 0 aromatic rings. The van der Waals surface area contributed by atoms with E-state index in [2.05, 4.69) is 45.0 Å². The van der Waals surface area contributed by atoms with Gasteiger partial charge >= 0.3 is 0 Å². The van der Waals surface area contributed by atoms with Gasteiger partial charge in [0.1, 0.15) is 0 Å². The van der Waals surface area contributed by atoms with Crippen molar-refractivity contribution in [2.75, 3.05) is 46.9 Å². The van der Waals surface area contributed by atoms with Crippen LogP contribution in [0.2, 0.25) is 0 Å². The summed E-state index contributed by atoms with van der Waals surface area (Å²) in [5.74, 6) is 0.724. The molecule has 0 saturated heterocycles. The molecule has 0 aromatic heterocycles. The number of nitrogens with one attached hydrogen (secondary N) is 1. The van der Waals surface area contributed by atoms with Crippen LogP contribution in [-0.2, 0) is 4.74 Å². The van der Waals surface area contributed by atoms with Crippen LogP contribution in [0.1, 0.15) is 27.7 Å². The molecule has 0 fully saturated rings. The Labute approximate surface area is 102 Å². The molecule has 0 rings (SSSR count). The van der Waals surface area contributed by atoms with Gasteiger partial charge in [0.15, 0.2) is 0 Å². The fourth-order valence-electron chi connectivity index (χ4n) is 1.81. The van der Waals surface area contributed by atoms with Crippen molar-refractivity contribution in [3.05, 3.63) is 0 Å². The molecule has 0 bridgehead atoms. The second-order valence-electron chi connectivity index (χ2n) is 5.92. The van der Waals surface area contributed by atoms with E-state index in [0.29, 0.717) is 5.41 Å². The van der Waals surface area contributed by atoms with Gasteiger partial charge in [0, 0.05) is 26.7 Å². The Bertz CT molecular complexity index is 169. The lowest BCUT2D eigenvalue weighted by molar-refractivity contribution is 0.134. The van der Waals surface area contributed by atoms with Gasteiger partial charge in [-0.25, -0.2) is 0 Å². The van der Waals surface area contributed by atoms with Crippen molar-refractivity contribution in [1.29, 1.82) is 0 Å². The number of nitrogens with zero attached hydrogens (tertiary/aromatic N) is 1. The summed E-state index contributed by atoms with van der Waals surface area (Å²) in [6, 6.07) is 0. The molecule has 0 aliphatic carbocycles. The number of hydrogen-bond acceptors (Lipinski definition) is 3. The maximum atomic E-state index is 5.08. The molecule has 0 aliphatic rings. The summed E-state index contributed by atoms with van der Waals surface area (Å²) in [6.07, 6.45) is 0. The zero-order valence-electron chi connectivity index (χ0n) is 12.0. The predicted octanol–water partition coefficient (Wildman–Crippen LogP) is 1.84. The summed E-state index contributed by atoms with van der Waals surface area (Å²) in [6.45, 7) is 14.2. The molecule has 0 unspecified atom stereocenters. The van der Waals surface area contributed by atoms with Gasteiger partial charge < -0.3 is 15.0 Å². The van der Waals surface area contributed by atoms with Gasteiger partial charge in [-0.3, -0.25) is 0 Å². The molecule has 0 saturated carbocycles. The van der Waals surface area contributed by atoms with Crippen LogP contribution >= 0.6 is 0 Å². The van der Waals surface area contributed by atoms with Crippen LogP contribution in [0.5, 0.6) is 0 Å². The highest BCUT2D eigenvalue weighted by Gasteiger charge is 2.19. The van der Waals surface area contributed by atoms with Gasteiger partial charge in [-0.15, -0.1) is 0 Å². The van der Waals surface area contributed by atoms with Crippen molar-refractivity contribution in [3.63, 3.8) is 0 Å². The van der Waals surface area contributed by atoms with Crippen LogP contribution in [0, 0.1) is 11.3 Å². The molecule has 0 atom stereocenters. The van der Waals surface area contributed by atoms with E-state index in [9.17, 15) is 0 Å². The molecule has 1 N–H and O–H groups in total. The smallest absolute Gasteiger partial charge is 0.0589 e. The van der Waals surface area contributed by atoms with E-state index in [1.54, 1.807) is 7.11 Å². The minimum absolute atomic E-state index is 0.317. The second kappa shape index (κ2) is 8.04. The van der Waals surface area contributed by atoms with E-state index >= 15 is 0 Å². The Morgan fingerprint density at radius 2 is 1.94 bits per heavy atom. The van der Waals surface area contributed by atoms with Crippen molar-refractivity contribution in [1.82, 2.24) is 10.2 Å². The van der Waals surface area contributed by atoms with Crippen LogP contribution in [-0.4, -0.2) is 51.8 Å². The van der Waals surface area contributed by atoms with Crippen LogP contribution in [0.25, 0.3) is 0 Å². The second-order valence-corrected chi connectivity index (χ2v) is 5.92. The zero-order valence-corrected chi connectivity index (χ0v) is 12.0. The standard InChI is InChI=1S/C13H30N2O/c1-12(2)9-14-10-13(3,4)11-15(5)7-8-16-6/h12,14H,7-11H2,1-6H3. The average Bonchev–Trinajstić information content (AvgIpc) is 2.12. The van der Waals surface area contributed by atoms with Gasteiger partial charge in [-0.2, -0.15) is 0 Å². The van der Waals surface area contributed by atoms with Gasteiger partial charge in [-0.1, -0.05) is 27.7 Å². The fourth-order valence-corrected chi connectivity index (χ4v) is 1.81. The highest BCUT2D eigenvalue weighted by atomic mass is 16.5. The molecule has 0 radical (unpaired) electrons. The van der Waals surface area contributed by atoms with Crippen LogP contribution in [0.15, 0.2) is 0 Å². The number of hydrogen-bond donors (Lipinski definition) is 1. The third-order valence-corrected chi connectivity index (χ3v) is 2.53. The Balaban J connectivity index is 3.75. The SMILES string of the molecule is COCCN(C)CC(C)(C)CNCC(C)C. The fraction of sp³-hybridized carbons (Fsp3) is 1.00. The topological polar surface area (TPSA) is 24.5 Å². The van der Waals surface area contributed by atoms with Gasteiger partial charge in [0.05, 0.1) is 6.61 Å². The highest BCUT2D eigenvalue weighted by Crippen LogP contribution is 2.14. The molecule has 0 spiro atoms. The van der Waals surface area contributed by atoms with E-state index in [0.717, 1.165) is 38.7 Å². The largest absolute Gasteiger partial charge is 0.383 e. The van der Waals surface area contributed by atoms with Crippen LogP contribution in [0.3, 0.4) is 0 Å². The monoisotopic (exact) mass is 230 g/mol. The summed E-state index contributed by atoms with van der Waals surface area (Å²) in [7, 11) is 3.91. The first-order chi connectivity index (χ1) is 7.37. The molecule has 98 valence electrons. The van der Waals surface area contributed by atoms with E-state index in [4.69, 9.17) is 4.74 Å². The first kappa shape index (κ1) is 15.9. The van der Waals surface area contributed by atoms with E-state index in [1.165, 1.54) is 0 Å². The molecule has 0 aliphatic heterocycles. The molecule has 3 heteroatoms. The summed E-state index contributed by atoms with van der Waals surface area (Å²) < 4.78 is 5.08. The molecular formula is C13H30N2O. The summed E-state index contributed by atoms with van der Waals surface area (Å²) >= 11 is 0. The number of ether oxygens (including phenoxy) is 1. The van der Waals surface area contributed by atoms with Crippen molar-refractivity contribution in [2.45, 2.75) is 27.7 Å². The highest BCUT2D eigenvalue weighted by molar-refractivity contribution is 4.75. The molecule has 0 heterocycles. The molecule has 0 aromatic carbocycles. The van der Waals surface area contributed by atoms with Crippen LogP contribution in [0.4, 0.5) is 0 Å². The number of likely N-dealkylation sites (N-methyl/N-ethyl adjacent to an activating group) is 1. The van der Waals surface area contributed by atoms with Gasteiger partial charge in [0.2, 0.25) is 0 Å².